The molecule has 1 aromatic rings. The highest BCUT2D eigenvalue weighted by molar-refractivity contribution is 5.81. The highest BCUT2D eigenvalue weighted by Gasteiger charge is 2.08. The van der Waals surface area contributed by atoms with Gasteiger partial charge in [-0.25, -0.2) is 4.79 Å². The summed E-state index contributed by atoms with van der Waals surface area (Å²) in [5.41, 5.74) is 2.24. The van der Waals surface area contributed by atoms with Gasteiger partial charge in [0.05, 0.1) is 24.7 Å². The molecule has 0 aliphatic heterocycles. The van der Waals surface area contributed by atoms with Crippen molar-refractivity contribution in [2.24, 2.45) is 10.3 Å². The predicted octanol–water partition coefficient (Wildman–Crippen LogP) is 1.94. The molecule has 0 unspecified atom stereocenters. The zero-order valence-corrected chi connectivity index (χ0v) is 11.8. The van der Waals surface area contributed by atoms with Gasteiger partial charge in [0.1, 0.15) is 0 Å². The van der Waals surface area contributed by atoms with Crippen molar-refractivity contribution in [3.05, 3.63) is 41.1 Å². The summed E-state index contributed by atoms with van der Waals surface area (Å²) in [6, 6.07) is 0. The van der Waals surface area contributed by atoms with E-state index in [4.69, 9.17) is 0 Å². The number of aryl methyl sites for hydroxylation is 1. The maximum absolute atomic E-state index is 12.1. The van der Waals surface area contributed by atoms with Crippen LogP contribution in [0.5, 0.6) is 0 Å². The van der Waals surface area contributed by atoms with Gasteiger partial charge < -0.3 is 4.84 Å². The fourth-order valence-electron chi connectivity index (χ4n) is 1.45. The highest BCUT2D eigenvalue weighted by Crippen LogP contribution is 1.97. The van der Waals surface area contributed by atoms with Gasteiger partial charge in [-0.05, 0) is 33.3 Å². The molecule has 0 aromatic carbocycles. The van der Waals surface area contributed by atoms with Crippen molar-refractivity contribution in [2.75, 3.05) is 0 Å². The molecule has 0 N–H and O–H groups in total. The van der Waals surface area contributed by atoms with Crippen LogP contribution in [0, 0.1) is 14.0 Å². The van der Waals surface area contributed by atoms with Gasteiger partial charge in [-0.2, -0.15) is 9.78 Å². The van der Waals surface area contributed by atoms with Crippen molar-refractivity contribution >= 4 is 11.9 Å². The second-order valence-corrected chi connectivity index (χ2v) is 4.22. The van der Waals surface area contributed by atoms with Crippen molar-refractivity contribution in [2.45, 2.75) is 34.2 Å². The van der Waals surface area contributed by atoms with E-state index in [1.165, 1.54) is 4.68 Å². The lowest BCUT2D eigenvalue weighted by atomic mass is 10.3. The molecular weight excluding hydrogens is 244 g/mol. The van der Waals surface area contributed by atoms with E-state index in [2.05, 4.69) is 22.2 Å². The Kier molecular flexibility index (Phi) is 5.29. The average molecular weight is 263 g/mol. The number of oxime groups is 1. The standard InChI is InChI=1S/C13H19N4O2/c1-6-10(2)7-14-17-9-12(4)16(13(17)18)8-11(3)15-19-5/h6-7,9H,5,8H2,1-4H3/b10-6+,14-7+,15-11+. The van der Waals surface area contributed by atoms with Gasteiger partial charge in [-0.3, -0.25) is 4.57 Å². The van der Waals surface area contributed by atoms with Crippen LogP contribution in [0.1, 0.15) is 26.5 Å². The summed E-state index contributed by atoms with van der Waals surface area (Å²) in [5.74, 6) is 0. The molecule has 103 valence electrons. The Hall–Kier alpha value is -2.11. The number of nitrogens with zero attached hydrogens (tertiary/aromatic N) is 4. The first-order chi connectivity index (χ1) is 8.99. The van der Waals surface area contributed by atoms with Crippen LogP contribution in [0.25, 0.3) is 0 Å². The van der Waals surface area contributed by atoms with Crippen molar-refractivity contribution in [1.82, 2.24) is 9.24 Å². The van der Waals surface area contributed by atoms with Crippen molar-refractivity contribution in [1.29, 1.82) is 0 Å². The first-order valence-electron chi connectivity index (χ1n) is 5.90. The summed E-state index contributed by atoms with van der Waals surface area (Å²) in [7, 11) is 3.17. The zero-order chi connectivity index (χ0) is 14.4. The Labute approximate surface area is 112 Å². The summed E-state index contributed by atoms with van der Waals surface area (Å²) in [4.78, 5) is 16.5. The molecule has 0 saturated carbocycles. The largest absolute Gasteiger partial charge is 0.392 e. The minimum Gasteiger partial charge on any atom is -0.392 e. The van der Waals surface area contributed by atoms with Gasteiger partial charge in [0.25, 0.3) is 0 Å². The molecule has 0 saturated heterocycles. The molecule has 1 rings (SSSR count). The Balaban J connectivity index is 3.05. The van der Waals surface area contributed by atoms with Gasteiger partial charge in [0, 0.05) is 5.69 Å². The third-order valence-electron chi connectivity index (χ3n) is 2.61. The Morgan fingerprint density at radius 2 is 2.21 bits per heavy atom. The molecule has 0 amide bonds. The smallest absolute Gasteiger partial charge is 0.349 e. The first kappa shape index (κ1) is 14.9. The lowest BCUT2D eigenvalue weighted by molar-refractivity contribution is 0.258. The predicted molar refractivity (Wildman–Crippen MR) is 76.3 cm³/mol. The van der Waals surface area contributed by atoms with E-state index in [0.29, 0.717) is 12.3 Å². The number of allylic oxidation sites excluding steroid dienone is 2. The number of aromatic nitrogens is 2. The zero-order valence-electron chi connectivity index (χ0n) is 11.8. The van der Waals surface area contributed by atoms with Gasteiger partial charge in [0.2, 0.25) is 0 Å². The summed E-state index contributed by atoms with van der Waals surface area (Å²) in [5, 5.41) is 7.81. The first-order valence-corrected chi connectivity index (χ1v) is 5.90. The lowest BCUT2D eigenvalue weighted by Crippen LogP contribution is -2.25. The van der Waals surface area contributed by atoms with E-state index >= 15 is 0 Å². The van der Waals surface area contributed by atoms with E-state index in [1.807, 2.05) is 26.8 Å². The minimum absolute atomic E-state index is 0.212. The van der Waals surface area contributed by atoms with Gasteiger partial charge in [0.15, 0.2) is 7.11 Å². The Bertz CT molecular complexity index is 576. The Morgan fingerprint density at radius 1 is 1.53 bits per heavy atom. The molecule has 1 radical (unpaired) electrons. The SMILES string of the molecule is [CH2]O/N=C(\C)Cn1c(C)cn(/N=C/C(C)=C/C)c1=O. The van der Waals surface area contributed by atoms with Crippen molar-refractivity contribution < 1.29 is 4.84 Å². The number of imidazole rings is 1. The third kappa shape index (κ3) is 3.94. The molecule has 6 nitrogen and oxygen atoms in total. The molecule has 0 atom stereocenters. The average Bonchev–Trinajstić information content (AvgIpc) is 2.64. The molecule has 0 aliphatic carbocycles. The van der Waals surface area contributed by atoms with Crippen molar-refractivity contribution in [3.8, 4) is 0 Å². The molecular formula is C13H19N4O2. The fourth-order valence-corrected chi connectivity index (χ4v) is 1.45. The van der Waals surface area contributed by atoms with Crippen molar-refractivity contribution in [3.63, 3.8) is 0 Å². The molecule has 19 heavy (non-hydrogen) atoms. The van der Waals surface area contributed by atoms with Crippen LogP contribution >= 0.6 is 0 Å². The minimum atomic E-state index is -0.212. The summed E-state index contributed by atoms with van der Waals surface area (Å²) in [6.45, 7) is 7.79. The Morgan fingerprint density at radius 3 is 2.79 bits per heavy atom. The maximum atomic E-state index is 12.1. The topological polar surface area (TPSA) is 60.9 Å². The quantitative estimate of drug-likeness (QED) is 0.602. The summed E-state index contributed by atoms with van der Waals surface area (Å²) >= 11 is 0. The monoisotopic (exact) mass is 263 g/mol. The molecule has 0 spiro atoms. The molecule has 1 heterocycles. The fraction of sp³-hybridized carbons (Fsp3) is 0.385. The van der Waals surface area contributed by atoms with Gasteiger partial charge in [-0.15, -0.1) is 0 Å². The third-order valence-corrected chi connectivity index (χ3v) is 2.61. The summed E-state index contributed by atoms with van der Waals surface area (Å²) < 4.78 is 2.88. The normalized spacial score (nSPS) is 13.3. The summed E-state index contributed by atoms with van der Waals surface area (Å²) in [6.07, 6.45) is 5.24. The van der Waals surface area contributed by atoms with Crippen LogP contribution in [0.4, 0.5) is 0 Å². The van der Waals surface area contributed by atoms with Gasteiger partial charge >= 0.3 is 5.69 Å². The van der Waals surface area contributed by atoms with E-state index < -0.39 is 0 Å². The highest BCUT2D eigenvalue weighted by atomic mass is 16.6. The molecule has 0 bridgehead atoms. The van der Waals surface area contributed by atoms with Crippen LogP contribution in [-0.4, -0.2) is 21.2 Å². The van der Waals surface area contributed by atoms with Crippen LogP contribution in [0.2, 0.25) is 0 Å². The second-order valence-electron chi connectivity index (χ2n) is 4.22. The molecule has 6 heteroatoms. The maximum Gasteiger partial charge on any atom is 0.349 e. The molecule has 0 fully saturated rings. The number of rotatable bonds is 5. The van der Waals surface area contributed by atoms with Crippen LogP contribution in [0.15, 0.2) is 32.9 Å². The van der Waals surface area contributed by atoms with E-state index in [-0.39, 0.29) is 5.69 Å². The molecule has 1 aromatic heterocycles. The van der Waals surface area contributed by atoms with E-state index in [0.717, 1.165) is 11.3 Å². The number of hydrogen-bond acceptors (Lipinski definition) is 4. The van der Waals surface area contributed by atoms with E-state index in [1.54, 1.807) is 23.9 Å². The van der Waals surface area contributed by atoms with Gasteiger partial charge in [-0.1, -0.05) is 11.2 Å². The number of hydrogen-bond donors (Lipinski definition) is 0. The van der Waals surface area contributed by atoms with E-state index in [9.17, 15) is 4.79 Å². The lowest BCUT2D eigenvalue weighted by Gasteiger charge is -2.02. The van der Waals surface area contributed by atoms with Crippen LogP contribution in [0.3, 0.4) is 0 Å². The second kappa shape index (κ2) is 6.72. The van der Waals surface area contributed by atoms with Crippen LogP contribution in [-0.2, 0) is 11.4 Å². The van der Waals surface area contributed by atoms with Crippen LogP contribution < -0.4 is 5.69 Å². The molecule has 0 aliphatic rings.